The second-order valence-electron chi connectivity index (χ2n) is 5.00. The summed E-state index contributed by atoms with van der Waals surface area (Å²) in [6.45, 7) is 3.84. The van der Waals surface area contributed by atoms with Crippen LogP contribution >= 0.6 is 34.7 Å². The lowest BCUT2D eigenvalue weighted by molar-refractivity contribution is -0.140. The number of carbonyl (C=O) groups is 1. The van der Waals surface area contributed by atoms with Crippen molar-refractivity contribution in [2.45, 2.75) is 36.0 Å². The molecule has 0 amide bonds. The number of benzene rings is 1. The molecule has 116 valence electrons. The van der Waals surface area contributed by atoms with Crippen LogP contribution in [0.15, 0.2) is 22.5 Å². The molecular formula is C14H14ClN3O2S2. The Morgan fingerprint density at radius 3 is 3.00 bits per heavy atom. The molecule has 1 aromatic heterocycles. The minimum Gasteiger partial charge on any atom is -0.462 e. The highest BCUT2D eigenvalue weighted by molar-refractivity contribution is 8.02. The van der Waals surface area contributed by atoms with Crippen molar-refractivity contribution in [3.05, 3.63) is 28.8 Å². The van der Waals surface area contributed by atoms with Crippen molar-refractivity contribution in [1.82, 2.24) is 10.2 Å². The van der Waals surface area contributed by atoms with Crippen LogP contribution in [0.3, 0.4) is 0 Å². The van der Waals surface area contributed by atoms with Crippen molar-refractivity contribution in [3.63, 3.8) is 0 Å². The molecular weight excluding hydrogens is 342 g/mol. The molecule has 0 saturated carbocycles. The van der Waals surface area contributed by atoms with Gasteiger partial charge in [-0.1, -0.05) is 40.8 Å². The van der Waals surface area contributed by atoms with Crippen molar-refractivity contribution < 1.29 is 9.53 Å². The van der Waals surface area contributed by atoms with E-state index >= 15 is 0 Å². The molecule has 1 aromatic carbocycles. The normalized spacial score (nSPS) is 21.0. The van der Waals surface area contributed by atoms with Crippen LogP contribution in [0.1, 0.15) is 18.9 Å². The molecule has 0 bridgehead atoms. The maximum Gasteiger partial charge on any atom is 0.319 e. The first-order chi connectivity index (χ1) is 10.5. The molecule has 22 heavy (non-hydrogen) atoms. The quantitative estimate of drug-likeness (QED) is 0.835. The summed E-state index contributed by atoms with van der Waals surface area (Å²) in [5.41, 5.74) is 1.86. The van der Waals surface area contributed by atoms with Crippen LogP contribution in [-0.4, -0.2) is 27.5 Å². The van der Waals surface area contributed by atoms with Crippen LogP contribution in [0.2, 0.25) is 5.02 Å². The molecule has 0 radical (unpaired) electrons. The number of esters is 1. The Kier molecular flexibility index (Phi) is 4.56. The average Bonchev–Trinajstić information content (AvgIpc) is 3.03. The van der Waals surface area contributed by atoms with Crippen molar-refractivity contribution >= 4 is 51.5 Å². The molecule has 2 aromatic rings. The number of anilines is 2. The Balaban J connectivity index is 1.69. The van der Waals surface area contributed by atoms with Crippen molar-refractivity contribution in [1.29, 1.82) is 0 Å². The summed E-state index contributed by atoms with van der Waals surface area (Å²) in [6.07, 6.45) is 0.684. The summed E-state index contributed by atoms with van der Waals surface area (Å²) in [5, 5.41) is 12.6. The van der Waals surface area contributed by atoms with Gasteiger partial charge in [-0.25, -0.2) is 0 Å². The van der Waals surface area contributed by atoms with E-state index < -0.39 is 0 Å². The van der Waals surface area contributed by atoms with Gasteiger partial charge >= 0.3 is 5.97 Å². The Hall–Kier alpha value is -1.31. The monoisotopic (exact) mass is 355 g/mol. The Bertz CT molecular complexity index is 707. The topological polar surface area (TPSA) is 64.1 Å². The van der Waals surface area contributed by atoms with E-state index in [2.05, 4.69) is 15.5 Å². The minimum absolute atomic E-state index is 0.0235. The van der Waals surface area contributed by atoms with E-state index in [0.717, 1.165) is 15.6 Å². The van der Waals surface area contributed by atoms with E-state index in [-0.39, 0.29) is 17.3 Å². The number of aromatic nitrogens is 2. The van der Waals surface area contributed by atoms with Gasteiger partial charge in [0.05, 0.1) is 0 Å². The molecule has 0 aliphatic carbocycles. The fraction of sp³-hybridized carbons (Fsp3) is 0.357. The van der Waals surface area contributed by atoms with Gasteiger partial charge in [-0.15, -0.1) is 10.2 Å². The molecule has 2 heterocycles. The molecule has 1 N–H and O–H groups in total. The number of hydrogen-bond donors (Lipinski definition) is 1. The SMILES string of the molecule is Cc1c(Cl)cccc1Nc1nnc(S[C@@H]2C[C@H](C)OC2=O)s1. The van der Waals surface area contributed by atoms with Gasteiger partial charge in [0.2, 0.25) is 5.13 Å². The smallest absolute Gasteiger partial charge is 0.319 e. The highest BCUT2D eigenvalue weighted by Gasteiger charge is 2.33. The molecule has 8 heteroatoms. The lowest BCUT2D eigenvalue weighted by Gasteiger charge is -2.07. The average molecular weight is 356 g/mol. The number of rotatable bonds is 4. The number of nitrogens with one attached hydrogen (secondary N) is 1. The molecule has 0 spiro atoms. The first kappa shape index (κ1) is 15.6. The highest BCUT2D eigenvalue weighted by atomic mass is 35.5. The first-order valence-electron chi connectivity index (χ1n) is 6.75. The maximum absolute atomic E-state index is 11.7. The molecule has 3 rings (SSSR count). The van der Waals surface area contributed by atoms with E-state index in [9.17, 15) is 4.79 Å². The number of carbonyl (C=O) groups excluding carboxylic acids is 1. The van der Waals surface area contributed by atoms with Gasteiger partial charge in [0.1, 0.15) is 11.4 Å². The number of halogens is 1. The third kappa shape index (κ3) is 3.37. The zero-order valence-electron chi connectivity index (χ0n) is 12.0. The Morgan fingerprint density at radius 1 is 1.45 bits per heavy atom. The van der Waals surface area contributed by atoms with Crippen LogP contribution in [0, 0.1) is 6.92 Å². The fourth-order valence-electron chi connectivity index (χ4n) is 2.10. The second-order valence-corrected chi connectivity index (χ2v) is 7.83. The number of cyclic esters (lactones) is 1. The zero-order chi connectivity index (χ0) is 15.7. The van der Waals surface area contributed by atoms with Gasteiger partial charge in [-0.05, 0) is 31.5 Å². The van der Waals surface area contributed by atoms with Gasteiger partial charge < -0.3 is 10.1 Å². The van der Waals surface area contributed by atoms with E-state index in [1.165, 1.54) is 23.1 Å². The summed E-state index contributed by atoms with van der Waals surface area (Å²) in [7, 11) is 0. The molecule has 1 aliphatic rings. The van der Waals surface area contributed by atoms with E-state index in [4.69, 9.17) is 16.3 Å². The predicted octanol–water partition coefficient (Wildman–Crippen LogP) is 4.04. The number of nitrogens with zero attached hydrogens (tertiary/aromatic N) is 2. The van der Waals surface area contributed by atoms with E-state index in [1.807, 2.05) is 32.0 Å². The van der Waals surface area contributed by atoms with E-state index in [1.54, 1.807) is 0 Å². The Morgan fingerprint density at radius 2 is 2.27 bits per heavy atom. The van der Waals surface area contributed by atoms with Gasteiger partial charge in [-0.3, -0.25) is 4.79 Å². The summed E-state index contributed by atoms with van der Waals surface area (Å²) in [5.74, 6) is -0.173. The van der Waals surface area contributed by atoms with Crippen LogP contribution in [-0.2, 0) is 9.53 Å². The standard InChI is InChI=1S/C14H14ClN3O2S2/c1-7-6-11(12(19)20-7)21-14-18-17-13(22-14)16-10-5-3-4-9(15)8(10)2/h3-5,7,11H,6H2,1-2H3,(H,16,17)/t7-,11+/m0/s1. The van der Waals surface area contributed by atoms with Crippen molar-refractivity contribution in [3.8, 4) is 0 Å². The fourth-order valence-corrected chi connectivity index (χ4v) is 4.40. The van der Waals surface area contributed by atoms with Gasteiger partial charge in [0.15, 0.2) is 4.34 Å². The molecule has 5 nitrogen and oxygen atoms in total. The third-order valence-electron chi connectivity index (χ3n) is 3.29. The lowest BCUT2D eigenvalue weighted by atomic mass is 10.2. The van der Waals surface area contributed by atoms with Crippen molar-refractivity contribution in [2.75, 3.05) is 5.32 Å². The minimum atomic E-state index is -0.191. The predicted molar refractivity (Wildman–Crippen MR) is 89.2 cm³/mol. The van der Waals surface area contributed by atoms with Gasteiger partial charge in [-0.2, -0.15) is 0 Å². The number of thioether (sulfide) groups is 1. The van der Waals surface area contributed by atoms with Gasteiger partial charge in [0.25, 0.3) is 0 Å². The van der Waals surface area contributed by atoms with Crippen molar-refractivity contribution in [2.24, 2.45) is 0 Å². The summed E-state index contributed by atoms with van der Waals surface area (Å²) in [6, 6.07) is 5.66. The zero-order valence-corrected chi connectivity index (χ0v) is 14.4. The maximum atomic E-state index is 11.7. The summed E-state index contributed by atoms with van der Waals surface area (Å²) in [4.78, 5) is 11.7. The third-order valence-corrected chi connectivity index (χ3v) is 5.82. The van der Waals surface area contributed by atoms with Crippen LogP contribution in [0.25, 0.3) is 0 Å². The highest BCUT2D eigenvalue weighted by Crippen LogP contribution is 2.36. The van der Waals surface area contributed by atoms with Crippen LogP contribution in [0.5, 0.6) is 0 Å². The summed E-state index contributed by atoms with van der Waals surface area (Å²) >= 11 is 8.92. The largest absolute Gasteiger partial charge is 0.462 e. The molecule has 1 aliphatic heterocycles. The molecule has 2 atom stereocenters. The first-order valence-corrected chi connectivity index (χ1v) is 8.83. The second kappa shape index (κ2) is 6.44. The van der Waals surface area contributed by atoms with E-state index in [0.29, 0.717) is 16.6 Å². The Labute approximate surface area is 141 Å². The number of hydrogen-bond acceptors (Lipinski definition) is 7. The number of ether oxygens (including phenoxy) is 1. The van der Waals surface area contributed by atoms with Crippen LogP contribution < -0.4 is 5.32 Å². The molecule has 1 fully saturated rings. The summed E-state index contributed by atoms with van der Waals surface area (Å²) < 4.78 is 5.89. The molecule has 1 saturated heterocycles. The van der Waals surface area contributed by atoms with Gasteiger partial charge in [0, 0.05) is 17.1 Å². The molecule has 0 unspecified atom stereocenters. The van der Waals surface area contributed by atoms with Crippen LogP contribution in [0.4, 0.5) is 10.8 Å². The lowest BCUT2D eigenvalue weighted by Crippen LogP contribution is -2.08.